The minimum atomic E-state index is -0.525. The van der Waals surface area contributed by atoms with Gasteiger partial charge in [0.15, 0.2) is 0 Å². The lowest BCUT2D eigenvalue weighted by molar-refractivity contribution is 0.598. The SMILES string of the molecule is O=c1[nH]c(C=Cc2cc(F)ccc2F)nc2sc3c(c12)CCCC3. The summed E-state index contributed by atoms with van der Waals surface area (Å²) in [5, 5.41) is 0.684. The molecule has 0 amide bonds. The lowest BCUT2D eigenvalue weighted by Gasteiger charge is -2.09. The van der Waals surface area contributed by atoms with E-state index in [-0.39, 0.29) is 11.1 Å². The maximum absolute atomic E-state index is 13.7. The van der Waals surface area contributed by atoms with E-state index in [0.29, 0.717) is 16.0 Å². The van der Waals surface area contributed by atoms with Crippen LogP contribution in [0.15, 0.2) is 23.0 Å². The zero-order valence-corrected chi connectivity index (χ0v) is 13.6. The standard InChI is InChI=1S/C18H14F2N2OS/c19-11-6-7-13(20)10(9-11)5-8-15-21-17(23)16-12-3-1-2-4-14(12)24-18(16)22-15/h5-9H,1-4H2,(H,21,22,23). The van der Waals surface area contributed by atoms with Gasteiger partial charge in [-0.1, -0.05) is 0 Å². The number of aromatic nitrogens is 2. The first-order valence-electron chi connectivity index (χ1n) is 7.79. The van der Waals surface area contributed by atoms with Crippen LogP contribution in [-0.4, -0.2) is 9.97 Å². The molecule has 0 atom stereocenters. The third kappa shape index (κ3) is 2.67. The molecule has 3 aromatic rings. The van der Waals surface area contributed by atoms with Crippen molar-refractivity contribution in [3.63, 3.8) is 0 Å². The molecule has 1 aliphatic carbocycles. The summed E-state index contributed by atoms with van der Waals surface area (Å²) in [5.41, 5.74) is 1.07. The van der Waals surface area contributed by atoms with Crippen molar-refractivity contribution in [2.24, 2.45) is 0 Å². The second kappa shape index (κ2) is 5.94. The first kappa shape index (κ1) is 15.2. The smallest absolute Gasteiger partial charge is 0.260 e. The molecule has 0 bridgehead atoms. The average Bonchev–Trinajstić information content (AvgIpc) is 2.94. The Labute approximate surface area is 140 Å². The minimum Gasteiger partial charge on any atom is -0.306 e. The molecule has 0 spiro atoms. The fourth-order valence-corrected chi connectivity index (χ4v) is 4.34. The average molecular weight is 344 g/mol. The van der Waals surface area contributed by atoms with E-state index in [4.69, 9.17) is 0 Å². The molecule has 0 unspecified atom stereocenters. The molecule has 0 saturated carbocycles. The van der Waals surface area contributed by atoms with E-state index >= 15 is 0 Å². The molecular weight excluding hydrogens is 330 g/mol. The first-order valence-corrected chi connectivity index (χ1v) is 8.61. The monoisotopic (exact) mass is 344 g/mol. The van der Waals surface area contributed by atoms with Gasteiger partial charge in [-0.05, 0) is 61.6 Å². The molecule has 4 rings (SSSR count). The van der Waals surface area contributed by atoms with Crippen LogP contribution < -0.4 is 5.56 Å². The number of H-pyrrole nitrogens is 1. The molecule has 0 aliphatic heterocycles. The van der Waals surface area contributed by atoms with Crippen molar-refractivity contribution >= 4 is 33.7 Å². The molecule has 2 aromatic heterocycles. The molecule has 122 valence electrons. The molecule has 1 N–H and O–H groups in total. The number of aryl methyl sites for hydroxylation is 2. The first-order chi connectivity index (χ1) is 11.6. The number of hydrogen-bond acceptors (Lipinski definition) is 3. The highest BCUT2D eigenvalue weighted by atomic mass is 32.1. The summed E-state index contributed by atoms with van der Waals surface area (Å²) in [6.45, 7) is 0. The number of rotatable bonds is 2. The number of hydrogen-bond donors (Lipinski definition) is 1. The van der Waals surface area contributed by atoms with Crippen molar-refractivity contribution in [2.75, 3.05) is 0 Å². The molecule has 1 aliphatic rings. The van der Waals surface area contributed by atoms with E-state index in [2.05, 4.69) is 9.97 Å². The van der Waals surface area contributed by atoms with E-state index in [0.717, 1.165) is 49.4 Å². The van der Waals surface area contributed by atoms with Crippen molar-refractivity contribution in [2.45, 2.75) is 25.7 Å². The van der Waals surface area contributed by atoms with Crippen molar-refractivity contribution in [1.29, 1.82) is 0 Å². The predicted molar refractivity (Wildman–Crippen MR) is 92.2 cm³/mol. The normalized spacial score (nSPS) is 14.4. The van der Waals surface area contributed by atoms with Crippen molar-refractivity contribution in [3.8, 4) is 0 Å². The van der Waals surface area contributed by atoms with Gasteiger partial charge in [-0.25, -0.2) is 13.8 Å². The molecule has 1 aromatic carbocycles. The van der Waals surface area contributed by atoms with Crippen LogP contribution in [0.2, 0.25) is 0 Å². The molecule has 24 heavy (non-hydrogen) atoms. The maximum Gasteiger partial charge on any atom is 0.260 e. The maximum atomic E-state index is 13.7. The fraction of sp³-hybridized carbons (Fsp3) is 0.222. The van der Waals surface area contributed by atoms with Crippen LogP contribution in [0, 0.1) is 11.6 Å². The minimum absolute atomic E-state index is 0.114. The van der Waals surface area contributed by atoms with E-state index in [1.807, 2.05) is 0 Å². The van der Waals surface area contributed by atoms with Crippen LogP contribution in [0.3, 0.4) is 0 Å². The Kier molecular flexibility index (Phi) is 3.76. The Morgan fingerprint density at radius 3 is 2.88 bits per heavy atom. The van der Waals surface area contributed by atoms with Gasteiger partial charge in [-0.3, -0.25) is 4.79 Å². The van der Waals surface area contributed by atoms with Gasteiger partial charge in [0.1, 0.15) is 22.3 Å². The largest absolute Gasteiger partial charge is 0.306 e. The van der Waals surface area contributed by atoms with Gasteiger partial charge in [0.25, 0.3) is 5.56 Å². The lowest BCUT2D eigenvalue weighted by Crippen LogP contribution is -2.11. The van der Waals surface area contributed by atoms with E-state index in [1.54, 1.807) is 11.3 Å². The number of fused-ring (bicyclic) bond motifs is 3. The number of nitrogens with one attached hydrogen (secondary N) is 1. The highest BCUT2D eigenvalue weighted by Crippen LogP contribution is 2.33. The van der Waals surface area contributed by atoms with Gasteiger partial charge >= 0.3 is 0 Å². The van der Waals surface area contributed by atoms with Gasteiger partial charge in [0, 0.05) is 10.4 Å². The summed E-state index contributed by atoms with van der Waals surface area (Å²) in [4.78, 5) is 21.6. The highest BCUT2D eigenvalue weighted by molar-refractivity contribution is 7.18. The number of benzene rings is 1. The van der Waals surface area contributed by atoms with Gasteiger partial charge in [0.05, 0.1) is 5.39 Å². The lowest BCUT2D eigenvalue weighted by atomic mass is 9.97. The summed E-state index contributed by atoms with van der Waals surface area (Å²) in [6, 6.07) is 3.24. The van der Waals surface area contributed by atoms with Crippen LogP contribution in [0.25, 0.3) is 22.4 Å². The van der Waals surface area contributed by atoms with Crippen LogP contribution in [0.5, 0.6) is 0 Å². The number of halogens is 2. The van der Waals surface area contributed by atoms with E-state index < -0.39 is 11.6 Å². The highest BCUT2D eigenvalue weighted by Gasteiger charge is 2.19. The van der Waals surface area contributed by atoms with Crippen LogP contribution in [0.4, 0.5) is 8.78 Å². The van der Waals surface area contributed by atoms with E-state index in [9.17, 15) is 13.6 Å². The Morgan fingerprint density at radius 2 is 2.00 bits per heavy atom. The van der Waals surface area contributed by atoms with Crippen molar-refractivity contribution < 1.29 is 8.78 Å². The second-order valence-corrected chi connectivity index (χ2v) is 6.93. The molecule has 6 heteroatoms. The van der Waals surface area contributed by atoms with Gasteiger partial charge in [-0.15, -0.1) is 11.3 Å². The molecule has 0 saturated heterocycles. The van der Waals surface area contributed by atoms with E-state index in [1.165, 1.54) is 17.0 Å². The number of nitrogens with zero attached hydrogens (tertiary/aromatic N) is 1. The Hall–Kier alpha value is -2.34. The molecule has 0 fully saturated rings. The Morgan fingerprint density at radius 1 is 1.17 bits per heavy atom. The van der Waals surface area contributed by atoms with Crippen LogP contribution in [-0.2, 0) is 12.8 Å². The van der Waals surface area contributed by atoms with Gasteiger partial charge in [-0.2, -0.15) is 0 Å². The van der Waals surface area contributed by atoms with Crippen LogP contribution >= 0.6 is 11.3 Å². The Bertz CT molecular complexity index is 1020. The van der Waals surface area contributed by atoms with Crippen molar-refractivity contribution in [1.82, 2.24) is 9.97 Å². The third-order valence-corrected chi connectivity index (χ3v) is 5.41. The molecule has 3 nitrogen and oxygen atoms in total. The fourth-order valence-electron chi connectivity index (χ4n) is 3.07. The summed E-state index contributed by atoms with van der Waals surface area (Å²) in [7, 11) is 0. The zero-order chi connectivity index (χ0) is 16.7. The van der Waals surface area contributed by atoms with Gasteiger partial charge in [0.2, 0.25) is 0 Å². The zero-order valence-electron chi connectivity index (χ0n) is 12.7. The molecular formula is C18H14F2N2OS. The summed E-state index contributed by atoms with van der Waals surface area (Å²) in [5.74, 6) is -0.698. The summed E-state index contributed by atoms with van der Waals surface area (Å²) in [6.07, 6.45) is 7.06. The molecule has 0 radical (unpaired) electrons. The Balaban J connectivity index is 1.76. The van der Waals surface area contributed by atoms with Crippen molar-refractivity contribution in [3.05, 3.63) is 62.0 Å². The third-order valence-electron chi connectivity index (χ3n) is 4.22. The number of thiophene rings is 1. The topological polar surface area (TPSA) is 45.8 Å². The van der Waals surface area contributed by atoms with Gasteiger partial charge < -0.3 is 4.98 Å². The second-order valence-electron chi connectivity index (χ2n) is 5.84. The quantitative estimate of drug-likeness (QED) is 0.753. The molecule has 2 heterocycles. The summed E-state index contributed by atoms with van der Waals surface area (Å²) >= 11 is 1.56. The predicted octanol–water partition coefficient (Wildman–Crippen LogP) is 4.31. The van der Waals surface area contributed by atoms with Crippen LogP contribution in [0.1, 0.15) is 34.7 Å². The summed E-state index contributed by atoms with van der Waals surface area (Å²) < 4.78 is 26.9. The number of aromatic amines is 1.